The van der Waals surface area contributed by atoms with Crippen LogP contribution in [0.2, 0.25) is 5.02 Å². The van der Waals surface area contributed by atoms with Crippen LogP contribution in [0.25, 0.3) is 0 Å². The third-order valence-corrected chi connectivity index (χ3v) is 4.55. The second-order valence-corrected chi connectivity index (χ2v) is 6.44. The van der Waals surface area contributed by atoms with E-state index in [9.17, 15) is 0 Å². The third kappa shape index (κ3) is 3.79. The molecule has 0 bridgehead atoms. The monoisotopic (exact) mass is 344 g/mol. The van der Waals surface area contributed by atoms with Crippen LogP contribution in [0.1, 0.15) is 22.4 Å². The Kier molecular flexibility index (Phi) is 5.18. The Balaban J connectivity index is 1.90. The van der Waals surface area contributed by atoms with Gasteiger partial charge in [-0.3, -0.25) is 0 Å². The van der Waals surface area contributed by atoms with E-state index in [1.165, 1.54) is 4.88 Å². The highest BCUT2D eigenvalue weighted by atomic mass is 79.9. The number of hydrogen-bond acceptors (Lipinski definition) is 3. The molecule has 0 unspecified atom stereocenters. The lowest BCUT2D eigenvalue weighted by atomic mass is 10.2. The fourth-order valence-electron chi connectivity index (χ4n) is 1.58. The van der Waals surface area contributed by atoms with E-state index in [0.29, 0.717) is 0 Å². The van der Waals surface area contributed by atoms with E-state index in [1.807, 2.05) is 24.4 Å². The lowest BCUT2D eigenvalue weighted by Crippen LogP contribution is -2.12. The van der Waals surface area contributed by atoms with E-state index >= 15 is 0 Å². The highest BCUT2D eigenvalue weighted by Crippen LogP contribution is 2.21. The summed E-state index contributed by atoms with van der Waals surface area (Å²) in [4.78, 5) is 5.70. The maximum absolute atomic E-state index is 6.13. The molecule has 2 nitrogen and oxygen atoms in total. The minimum atomic E-state index is 0.749. The van der Waals surface area contributed by atoms with E-state index in [0.717, 1.165) is 39.6 Å². The molecule has 0 amide bonds. The van der Waals surface area contributed by atoms with Gasteiger partial charge in [0.25, 0.3) is 0 Å². The van der Waals surface area contributed by atoms with Gasteiger partial charge in [-0.15, -0.1) is 11.3 Å². The number of aromatic nitrogens is 1. The Bertz CT molecular complexity index is 527. The normalized spacial score (nSPS) is 10.8. The molecule has 0 aliphatic rings. The van der Waals surface area contributed by atoms with E-state index in [2.05, 4.69) is 33.2 Å². The fourth-order valence-corrected chi connectivity index (χ4v) is 3.00. The van der Waals surface area contributed by atoms with Crippen LogP contribution in [0.15, 0.2) is 28.9 Å². The van der Waals surface area contributed by atoms with Gasteiger partial charge in [0.05, 0.1) is 0 Å². The Labute approximate surface area is 125 Å². The zero-order valence-electron chi connectivity index (χ0n) is 10.0. The van der Waals surface area contributed by atoms with Crippen LogP contribution in [0, 0.1) is 0 Å². The summed E-state index contributed by atoms with van der Waals surface area (Å²) in [5, 5.41) is 5.28. The van der Waals surface area contributed by atoms with Crippen LogP contribution in [0.3, 0.4) is 0 Å². The van der Waals surface area contributed by atoms with Gasteiger partial charge in [-0.2, -0.15) is 0 Å². The van der Waals surface area contributed by atoms with Crippen LogP contribution in [0.4, 0.5) is 0 Å². The summed E-state index contributed by atoms with van der Waals surface area (Å²) in [6.45, 7) is 3.68. The van der Waals surface area contributed by atoms with Gasteiger partial charge in [0, 0.05) is 33.7 Å². The van der Waals surface area contributed by atoms with Crippen LogP contribution >= 0.6 is 38.9 Å². The van der Waals surface area contributed by atoms with E-state index in [1.54, 1.807) is 11.3 Å². The minimum absolute atomic E-state index is 0.749. The van der Waals surface area contributed by atoms with Gasteiger partial charge in [0.2, 0.25) is 0 Å². The van der Waals surface area contributed by atoms with Gasteiger partial charge in [0.1, 0.15) is 5.01 Å². The molecule has 18 heavy (non-hydrogen) atoms. The Morgan fingerprint density at radius 2 is 2.22 bits per heavy atom. The van der Waals surface area contributed by atoms with Gasteiger partial charge in [-0.25, -0.2) is 4.98 Å². The lowest BCUT2D eigenvalue weighted by molar-refractivity contribution is 0.690. The zero-order valence-corrected chi connectivity index (χ0v) is 13.2. The van der Waals surface area contributed by atoms with Gasteiger partial charge in [0.15, 0.2) is 0 Å². The number of aryl methyl sites for hydroxylation is 1. The molecule has 0 saturated carbocycles. The average Bonchev–Trinajstić information content (AvgIpc) is 2.81. The summed E-state index contributed by atoms with van der Waals surface area (Å²) in [6.07, 6.45) is 3.00. The van der Waals surface area contributed by atoms with Crippen LogP contribution in [-0.4, -0.2) is 4.98 Å². The highest BCUT2D eigenvalue weighted by Gasteiger charge is 2.03. The molecule has 2 aromatic rings. The van der Waals surface area contributed by atoms with E-state index in [4.69, 9.17) is 11.6 Å². The molecule has 0 aliphatic heterocycles. The van der Waals surface area contributed by atoms with Crippen molar-refractivity contribution in [1.82, 2.24) is 10.3 Å². The molecule has 1 N–H and O–H groups in total. The largest absolute Gasteiger partial charge is 0.306 e. The molecular weight excluding hydrogens is 332 g/mol. The van der Waals surface area contributed by atoms with Gasteiger partial charge in [-0.1, -0.05) is 34.5 Å². The van der Waals surface area contributed by atoms with Crippen molar-refractivity contribution < 1.29 is 0 Å². The number of nitrogens with one attached hydrogen (secondary N) is 1. The second kappa shape index (κ2) is 6.66. The molecule has 96 valence electrons. The molecule has 0 saturated heterocycles. The van der Waals surface area contributed by atoms with Gasteiger partial charge >= 0.3 is 0 Å². The van der Waals surface area contributed by atoms with Crippen molar-refractivity contribution in [1.29, 1.82) is 0 Å². The van der Waals surface area contributed by atoms with Crippen LogP contribution < -0.4 is 5.32 Å². The standard InChI is InChI=1S/C13H14BrClN2S/c1-2-11-7-17-13(18-11)8-16-6-9-5-10(14)3-4-12(9)15/h3-5,7,16H,2,6,8H2,1H3. The molecule has 1 aromatic heterocycles. The van der Waals surface area contributed by atoms with Crippen molar-refractivity contribution in [2.75, 3.05) is 0 Å². The lowest BCUT2D eigenvalue weighted by Gasteiger charge is -2.05. The van der Waals surface area contributed by atoms with Gasteiger partial charge < -0.3 is 5.32 Å². The molecule has 0 aliphatic carbocycles. The third-order valence-electron chi connectivity index (χ3n) is 2.55. The summed E-state index contributed by atoms with van der Waals surface area (Å²) in [5.41, 5.74) is 1.10. The second-order valence-electron chi connectivity index (χ2n) is 3.91. The first kappa shape index (κ1) is 14.0. The molecule has 1 aromatic carbocycles. The summed E-state index contributed by atoms with van der Waals surface area (Å²) < 4.78 is 1.05. The first-order valence-corrected chi connectivity index (χ1v) is 7.76. The number of thiazole rings is 1. The number of nitrogens with zero attached hydrogens (tertiary/aromatic N) is 1. The van der Waals surface area contributed by atoms with Crippen molar-refractivity contribution >= 4 is 38.9 Å². The SMILES string of the molecule is CCc1cnc(CNCc2cc(Br)ccc2Cl)s1. The smallest absolute Gasteiger partial charge is 0.107 e. The Morgan fingerprint density at radius 3 is 2.94 bits per heavy atom. The average molecular weight is 346 g/mol. The molecule has 0 radical (unpaired) electrons. The molecule has 0 spiro atoms. The number of hydrogen-bond donors (Lipinski definition) is 1. The minimum Gasteiger partial charge on any atom is -0.306 e. The quantitative estimate of drug-likeness (QED) is 0.868. The van der Waals surface area contributed by atoms with Crippen molar-refractivity contribution in [3.8, 4) is 0 Å². The number of halogens is 2. The first-order chi connectivity index (χ1) is 8.69. The Morgan fingerprint density at radius 1 is 1.39 bits per heavy atom. The van der Waals surface area contributed by atoms with Crippen molar-refractivity contribution in [3.63, 3.8) is 0 Å². The summed E-state index contributed by atoms with van der Waals surface area (Å²) >= 11 is 11.3. The molecule has 2 rings (SSSR count). The molecule has 0 fully saturated rings. The highest BCUT2D eigenvalue weighted by molar-refractivity contribution is 9.10. The Hall–Kier alpha value is -0.420. The zero-order chi connectivity index (χ0) is 13.0. The maximum atomic E-state index is 6.13. The van der Waals surface area contributed by atoms with E-state index in [-0.39, 0.29) is 0 Å². The van der Waals surface area contributed by atoms with E-state index < -0.39 is 0 Å². The van der Waals surface area contributed by atoms with Crippen LogP contribution in [-0.2, 0) is 19.5 Å². The predicted molar refractivity (Wildman–Crippen MR) is 81.2 cm³/mol. The van der Waals surface area contributed by atoms with Crippen LogP contribution in [0.5, 0.6) is 0 Å². The van der Waals surface area contributed by atoms with Crippen molar-refractivity contribution in [3.05, 3.63) is 49.3 Å². The van der Waals surface area contributed by atoms with Crippen molar-refractivity contribution in [2.45, 2.75) is 26.4 Å². The molecule has 0 atom stereocenters. The number of rotatable bonds is 5. The van der Waals surface area contributed by atoms with Gasteiger partial charge in [-0.05, 0) is 30.2 Å². The predicted octanol–water partition coefficient (Wildman–Crippen LogP) is 4.41. The summed E-state index contributed by atoms with van der Waals surface area (Å²) in [5.74, 6) is 0. The molecule has 5 heteroatoms. The molecule has 1 heterocycles. The summed E-state index contributed by atoms with van der Waals surface area (Å²) in [6, 6.07) is 5.88. The fraction of sp³-hybridized carbons (Fsp3) is 0.308. The maximum Gasteiger partial charge on any atom is 0.107 e. The first-order valence-electron chi connectivity index (χ1n) is 5.77. The molecular formula is C13H14BrClN2S. The summed E-state index contributed by atoms with van der Waals surface area (Å²) in [7, 11) is 0. The number of benzene rings is 1. The topological polar surface area (TPSA) is 24.9 Å². The van der Waals surface area contributed by atoms with Crippen molar-refractivity contribution in [2.24, 2.45) is 0 Å².